The Bertz CT molecular complexity index is 956. The Kier molecular flexibility index (Phi) is 5.29. The summed E-state index contributed by atoms with van der Waals surface area (Å²) in [5.41, 5.74) is 4.38. The number of hydrogen-bond acceptors (Lipinski definition) is 5. The van der Waals surface area contributed by atoms with E-state index in [-0.39, 0.29) is 17.6 Å². The van der Waals surface area contributed by atoms with Crippen molar-refractivity contribution in [2.24, 2.45) is 5.92 Å². The third kappa shape index (κ3) is 3.85. The number of aryl methyl sites for hydroxylation is 1. The van der Waals surface area contributed by atoms with E-state index in [9.17, 15) is 13.6 Å². The van der Waals surface area contributed by atoms with Crippen LogP contribution in [0.3, 0.4) is 0 Å². The normalized spacial score (nSPS) is 18.5. The second kappa shape index (κ2) is 7.74. The summed E-state index contributed by atoms with van der Waals surface area (Å²) in [4.78, 5) is 25.4. The maximum Gasteiger partial charge on any atom is 0.387 e. The molecule has 4 heterocycles. The van der Waals surface area contributed by atoms with Gasteiger partial charge in [0.2, 0.25) is 5.91 Å². The van der Waals surface area contributed by atoms with Gasteiger partial charge in [0.15, 0.2) is 0 Å². The third-order valence-electron chi connectivity index (χ3n) is 5.58. The van der Waals surface area contributed by atoms with Crippen molar-refractivity contribution in [2.75, 3.05) is 18.0 Å². The lowest BCUT2D eigenvalue weighted by Gasteiger charge is -2.21. The van der Waals surface area contributed by atoms with Crippen molar-refractivity contribution >= 4 is 23.2 Å². The van der Waals surface area contributed by atoms with E-state index < -0.39 is 6.61 Å². The zero-order valence-electron chi connectivity index (χ0n) is 16.2. The van der Waals surface area contributed by atoms with Crippen LogP contribution in [-0.2, 0) is 17.9 Å². The average Bonchev–Trinajstić information content (AvgIpc) is 3.33. The number of pyridine rings is 2. The molecule has 9 heteroatoms. The Hall–Kier alpha value is -2.48. The Morgan fingerprint density at radius 1 is 1.31 bits per heavy atom. The summed E-state index contributed by atoms with van der Waals surface area (Å²) < 4.78 is 29.3. The van der Waals surface area contributed by atoms with Crippen LogP contribution in [0.1, 0.15) is 28.9 Å². The number of halogens is 3. The minimum Gasteiger partial charge on any atom is -0.433 e. The minimum absolute atomic E-state index is 0.0102. The molecule has 0 radical (unpaired) electrons. The highest BCUT2D eigenvalue weighted by Crippen LogP contribution is 2.33. The number of ether oxygens (including phenoxy) is 1. The van der Waals surface area contributed by atoms with Gasteiger partial charge in [-0.05, 0) is 31.4 Å². The van der Waals surface area contributed by atoms with E-state index in [1.165, 1.54) is 12.3 Å². The summed E-state index contributed by atoms with van der Waals surface area (Å²) >= 11 is 6.31. The van der Waals surface area contributed by atoms with Gasteiger partial charge in [0, 0.05) is 25.7 Å². The van der Waals surface area contributed by atoms with Gasteiger partial charge < -0.3 is 14.5 Å². The predicted molar refractivity (Wildman–Crippen MR) is 104 cm³/mol. The average molecular weight is 423 g/mol. The van der Waals surface area contributed by atoms with Crippen molar-refractivity contribution < 1.29 is 18.3 Å². The Balaban J connectivity index is 1.44. The summed E-state index contributed by atoms with van der Waals surface area (Å²) in [5, 5.41) is 0.656. The van der Waals surface area contributed by atoms with Crippen molar-refractivity contribution in [3.8, 4) is 5.75 Å². The Morgan fingerprint density at radius 3 is 2.86 bits per heavy atom. The lowest BCUT2D eigenvalue weighted by Crippen LogP contribution is -2.34. The molecular formula is C20H21ClF2N4O2. The van der Waals surface area contributed by atoms with E-state index in [1.54, 1.807) is 6.20 Å². The molecule has 2 aliphatic heterocycles. The number of amides is 1. The highest BCUT2D eigenvalue weighted by molar-refractivity contribution is 6.32. The first kappa shape index (κ1) is 19.8. The fourth-order valence-electron chi connectivity index (χ4n) is 4.07. The molecule has 0 spiro atoms. The molecule has 2 aliphatic rings. The molecule has 154 valence electrons. The Labute approximate surface area is 172 Å². The summed E-state index contributed by atoms with van der Waals surface area (Å²) in [7, 11) is 0. The first-order chi connectivity index (χ1) is 13.8. The van der Waals surface area contributed by atoms with E-state index in [0.717, 1.165) is 22.5 Å². The quantitative estimate of drug-likeness (QED) is 0.751. The zero-order valence-corrected chi connectivity index (χ0v) is 16.9. The summed E-state index contributed by atoms with van der Waals surface area (Å²) in [5.74, 6) is -0.0800. The number of nitrogens with zero attached hydrogens (tertiary/aromatic N) is 4. The molecule has 1 fully saturated rings. The standard InChI is InChI=1S/C20H21ClF2N4O2/c1-11-16-9-27(10-17(16)25-12(2)18(11)21)19(28)13-3-4-26(8-13)14-5-15(7-24-6-14)29-20(22)23/h5-7,13,20H,3-4,8-10H2,1-2H3/t13-/m1/s1. The molecule has 0 aromatic carbocycles. The molecule has 4 rings (SSSR count). The molecule has 6 nitrogen and oxygen atoms in total. The van der Waals surface area contributed by atoms with Gasteiger partial charge in [-0.2, -0.15) is 8.78 Å². The second-order valence-corrected chi connectivity index (χ2v) is 7.82. The van der Waals surface area contributed by atoms with Gasteiger partial charge in [-0.25, -0.2) is 0 Å². The molecule has 1 saturated heterocycles. The molecule has 0 saturated carbocycles. The SMILES string of the molecule is Cc1nc2c(c(C)c1Cl)CN(C(=O)[C@@H]1CCN(c3cncc(OC(F)F)c3)C1)C2. The highest BCUT2D eigenvalue weighted by Gasteiger charge is 2.35. The summed E-state index contributed by atoms with van der Waals surface area (Å²) in [6.45, 7) is 3.10. The fraction of sp³-hybridized carbons (Fsp3) is 0.450. The maximum absolute atomic E-state index is 13.1. The number of anilines is 1. The van der Waals surface area contributed by atoms with E-state index in [0.29, 0.717) is 43.3 Å². The van der Waals surface area contributed by atoms with Gasteiger partial charge in [-0.1, -0.05) is 11.6 Å². The number of fused-ring (bicyclic) bond motifs is 1. The fourth-order valence-corrected chi connectivity index (χ4v) is 4.22. The van der Waals surface area contributed by atoms with Gasteiger partial charge >= 0.3 is 6.61 Å². The van der Waals surface area contributed by atoms with E-state index in [4.69, 9.17) is 11.6 Å². The van der Waals surface area contributed by atoms with Crippen LogP contribution in [0.5, 0.6) is 5.75 Å². The van der Waals surface area contributed by atoms with Crippen molar-refractivity contribution in [3.63, 3.8) is 0 Å². The topological polar surface area (TPSA) is 58.6 Å². The van der Waals surface area contributed by atoms with Gasteiger partial charge in [-0.15, -0.1) is 0 Å². The molecule has 0 bridgehead atoms. The zero-order chi connectivity index (χ0) is 20.7. The maximum atomic E-state index is 13.1. The lowest BCUT2D eigenvalue weighted by molar-refractivity contribution is -0.135. The van der Waals surface area contributed by atoms with Crippen LogP contribution in [0.4, 0.5) is 14.5 Å². The van der Waals surface area contributed by atoms with E-state index in [2.05, 4.69) is 14.7 Å². The van der Waals surface area contributed by atoms with Crippen LogP contribution in [0.15, 0.2) is 18.5 Å². The number of carbonyl (C=O) groups is 1. The molecule has 29 heavy (non-hydrogen) atoms. The van der Waals surface area contributed by atoms with E-state index >= 15 is 0 Å². The van der Waals surface area contributed by atoms with Gasteiger partial charge in [0.1, 0.15) is 5.75 Å². The first-order valence-corrected chi connectivity index (χ1v) is 9.79. The molecule has 0 aliphatic carbocycles. The van der Waals surface area contributed by atoms with Crippen LogP contribution in [-0.4, -0.2) is 40.5 Å². The molecule has 1 amide bonds. The van der Waals surface area contributed by atoms with Crippen molar-refractivity contribution in [1.29, 1.82) is 0 Å². The van der Waals surface area contributed by atoms with E-state index in [1.807, 2.05) is 23.6 Å². The number of rotatable bonds is 4. The smallest absolute Gasteiger partial charge is 0.387 e. The molecule has 0 unspecified atom stereocenters. The van der Waals surface area contributed by atoms with Crippen LogP contribution in [0.25, 0.3) is 0 Å². The molecule has 2 aromatic heterocycles. The van der Waals surface area contributed by atoms with Gasteiger partial charge in [0.25, 0.3) is 0 Å². The predicted octanol–water partition coefficient (Wildman–Crippen LogP) is 3.72. The third-order valence-corrected chi connectivity index (χ3v) is 6.14. The largest absolute Gasteiger partial charge is 0.433 e. The molecule has 0 N–H and O–H groups in total. The summed E-state index contributed by atoms with van der Waals surface area (Å²) in [6, 6.07) is 1.52. The van der Waals surface area contributed by atoms with Crippen molar-refractivity contribution in [2.45, 2.75) is 40.0 Å². The highest BCUT2D eigenvalue weighted by atomic mass is 35.5. The van der Waals surface area contributed by atoms with Crippen molar-refractivity contribution in [1.82, 2.24) is 14.9 Å². The Morgan fingerprint density at radius 2 is 2.10 bits per heavy atom. The monoisotopic (exact) mass is 422 g/mol. The van der Waals surface area contributed by atoms with Gasteiger partial charge in [0.05, 0.1) is 47.0 Å². The number of carbonyl (C=O) groups excluding carboxylic acids is 1. The molecule has 2 aromatic rings. The minimum atomic E-state index is -2.90. The second-order valence-electron chi connectivity index (χ2n) is 7.44. The first-order valence-electron chi connectivity index (χ1n) is 9.41. The van der Waals surface area contributed by atoms with Crippen molar-refractivity contribution in [3.05, 3.63) is 46.0 Å². The number of alkyl halides is 2. The number of aromatic nitrogens is 2. The lowest BCUT2D eigenvalue weighted by atomic mass is 10.1. The summed E-state index contributed by atoms with van der Waals surface area (Å²) in [6.07, 6.45) is 3.53. The molecule has 1 atom stereocenters. The van der Waals surface area contributed by atoms with Crippen LogP contribution in [0.2, 0.25) is 5.02 Å². The van der Waals surface area contributed by atoms with Crippen LogP contribution < -0.4 is 9.64 Å². The van der Waals surface area contributed by atoms with Crippen LogP contribution >= 0.6 is 11.6 Å². The van der Waals surface area contributed by atoms with Crippen LogP contribution in [0, 0.1) is 19.8 Å². The number of hydrogen-bond donors (Lipinski definition) is 0. The van der Waals surface area contributed by atoms with Gasteiger partial charge in [-0.3, -0.25) is 14.8 Å². The molecular weight excluding hydrogens is 402 g/mol.